The number of benzene rings is 1. The van der Waals surface area contributed by atoms with E-state index >= 15 is 0 Å². The van der Waals surface area contributed by atoms with Crippen LogP contribution in [0.2, 0.25) is 10.0 Å². The molecule has 2 rings (SSSR count). The lowest BCUT2D eigenvalue weighted by Gasteiger charge is -2.08. The summed E-state index contributed by atoms with van der Waals surface area (Å²) in [6.45, 7) is 0. The van der Waals surface area contributed by atoms with Crippen LogP contribution in [0.5, 0.6) is 0 Å². The van der Waals surface area contributed by atoms with Gasteiger partial charge in [-0.3, -0.25) is 4.79 Å². The van der Waals surface area contributed by atoms with Crippen LogP contribution in [0.1, 0.15) is 10.4 Å². The van der Waals surface area contributed by atoms with Crippen LogP contribution in [-0.2, 0) is 0 Å². The largest absolute Gasteiger partial charge is 0.430 e. The number of amides is 1. The van der Waals surface area contributed by atoms with Gasteiger partial charge in [-0.15, -0.1) is 0 Å². The maximum Gasteiger partial charge on any atom is 0.335 e. The van der Waals surface area contributed by atoms with E-state index in [1.165, 1.54) is 6.07 Å². The molecular weight excluding hydrogens is 277 g/mol. The monoisotopic (exact) mass is 283 g/mol. The maximum absolute atomic E-state index is 11.8. The van der Waals surface area contributed by atoms with Gasteiger partial charge in [-0.2, -0.15) is 0 Å². The highest BCUT2D eigenvalue weighted by molar-refractivity contribution is 6.40. The number of rotatable bonds is 2. The first-order valence-electron chi connectivity index (χ1n) is 4.92. The summed E-state index contributed by atoms with van der Waals surface area (Å²) in [6, 6.07) is 7.39. The van der Waals surface area contributed by atoms with E-state index in [-0.39, 0.29) is 5.56 Å². The fourth-order valence-electron chi connectivity index (χ4n) is 1.29. The molecule has 0 aliphatic rings. The highest BCUT2D eigenvalue weighted by Crippen LogP contribution is 2.30. The first-order valence-corrected chi connectivity index (χ1v) is 5.68. The average Bonchev–Trinajstić information content (AvgIpc) is 2.34. The minimum atomic E-state index is -0.526. The first kappa shape index (κ1) is 12.7. The zero-order valence-corrected chi connectivity index (χ0v) is 10.5. The van der Waals surface area contributed by atoms with Crippen LogP contribution in [0, 0.1) is 0 Å². The van der Waals surface area contributed by atoms with Crippen molar-refractivity contribution in [3.63, 3.8) is 0 Å². The summed E-state index contributed by atoms with van der Waals surface area (Å²) >= 11 is 11.8. The molecule has 18 heavy (non-hydrogen) atoms. The molecule has 0 saturated heterocycles. The number of hydrogen-bond donors (Lipinski definition) is 1. The van der Waals surface area contributed by atoms with Gasteiger partial charge in [0.25, 0.3) is 5.91 Å². The Balaban J connectivity index is 2.27. The summed E-state index contributed by atoms with van der Waals surface area (Å²) in [7, 11) is 0. The van der Waals surface area contributed by atoms with Crippen molar-refractivity contribution in [1.29, 1.82) is 0 Å². The van der Waals surface area contributed by atoms with Gasteiger partial charge in [0.05, 0.1) is 21.3 Å². The standard InChI is InChI=1S/C12H7Cl2NO3/c13-8-2-1-3-9(14)11(8)15-12(17)7-4-5-10(16)18-6-7/h1-6H,(H,15,17). The van der Waals surface area contributed by atoms with Gasteiger partial charge in [-0.1, -0.05) is 29.3 Å². The second kappa shape index (κ2) is 5.25. The molecule has 0 fully saturated rings. The Morgan fingerprint density at radius 2 is 1.78 bits per heavy atom. The van der Waals surface area contributed by atoms with Crippen LogP contribution in [0.3, 0.4) is 0 Å². The molecule has 0 atom stereocenters. The Bertz CT molecular complexity index is 611. The summed E-state index contributed by atoms with van der Waals surface area (Å²) < 4.78 is 4.60. The van der Waals surface area contributed by atoms with E-state index in [1.807, 2.05) is 0 Å². The highest BCUT2D eigenvalue weighted by Gasteiger charge is 2.11. The molecule has 0 bridgehead atoms. The van der Waals surface area contributed by atoms with Gasteiger partial charge in [0.1, 0.15) is 6.26 Å². The Morgan fingerprint density at radius 1 is 1.11 bits per heavy atom. The molecule has 1 amide bonds. The number of nitrogens with one attached hydrogen (secondary N) is 1. The lowest BCUT2D eigenvalue weighted by atomic mass is 10.2. The van der Waals surface area contributed by atoms with E-state index in [9.17, 15) is 9.59 Å². The lowest BCUT2D eigenvalue weighted by Crippen LogP contribution is -2.13. The van der Waals surface area contributed by atoms with Crippen molar-refractivity contribution in [3.05, 3.63) is 62.6 Å². The van der Waals surface area contributed by atoms with Crippen molar-refractivity contribution < 1.29 is 9.21 Å². The van der Waals surface area contributed by atoms with Gasteiger partial charge in [0, 0.05) is 6.07 Å². The number of carbonyl (C=O) groups excluding carboxylic acids is 1. The normalized spacial score (nSPS) is 10.1. The van der Waals surface area contributed by atoms with E-state index in [0.29, 0.717) is 15.7 Å². The van der Waals surface area contributed by atoms with Crippen molar-refractivity contribution in [2.75, 3.05) is 5.32 Å². The van der Waals surface area contributed by atoms with Crippen LogP contribution in [-0.4, -0.2) is 5.91 Å². The summed E-state index contributed by atoms with van der Waals surface area (Å²) in [5.74, 6) is -0.464. The number of halogens is 2. The Morgan fingerprint density at radius 3 is 2.33 bits per heavy atom. The lowest BCUT2D eigenvalue weighted by molar-refractivity contribution is 0.102. The molecule has 4 nitrogen and oxygen atoms in total. The van der Waals surface area contributed by atoms with E-state index in [2.05, 4.69) is 9.73 Å². The first-order chi connectivity index (χ1) is 8.58. The van der Waals surface area contributed by atoms with Crippen LogP contribution in [0.25, 0.3) is 0 Å². The fraction of sp³-hybridized carbons (Fsp3) is 0. The van der Waals surface area contributed by atoms with Gasteiger partial charge in [0.2, 0.25) is 0 Å². The molecule has 1 aromatic heterocycles. The number of hydrogen-bond acceptors (Lipinski definition) is 3. The summed E-state index contributed by atoms with van der Waals surface area (Å²) in [6.07, 6.45) is 1.07. The van der Waals surface area contributed by atoms with Gasteiger partial charge >= 0.3 is 5.63 Å². The summed E-state index contributed by atoms with van der Waals surface area (Å²) in [5, 5.41) is 3.20. The smallest absolute Gasteiger partial charge is 0.335 e. The Labute approximate surface area is 112 Å². The summed E-state index contributed by atoms with van der Waals surface area (Å²) in [4.78, 5) is 22.6. The van der Waals surface area contributed by atoms with Crippen LogP contribution in [0.15, 0.2) is 45.8 Å². The topological polar surface area (TPSA) is 59.3 Å². The Kier molecular flexibility index (Phi) is 3.69. The molecule has 0 aliphatic carbocycles. The molecule has 1 heterocycles. The van der Waals surface area contributed by atoms with Crippen molar-refractivity contribution in [3.8, 4) is 0 Å². The van der Waals surface area contributed by atoms with Crippen molar-refractivity contribution in [1.82, 2.24) is 0 Å². The van der Waals surface area contributed by atoms with Crippen LogP contribution in [0.4, 0.5) is 5.69 Å². The zero-order chi connectivity index (χ0) is 13.1. The summed E-state index contributed by atoms with van der Waals surface area (Å²) in [5.41, 5.74) is -0.00931. The second-order valence-electron chi connectivity index (χ2n) is 3.39. The fourth-order valence-corrected chi connectivity index (χ4v) is 1.78. The minimum absolute atomic E-state index is 0.200. The van der Waals surface area contributed by atoms with Crippen molar-refractivity contribution >= 4 is 34.8 Å². The minimum Gasteiger partial charge on any atom is -0.430 e. The Hall–Kier alpha value is -1.78. The van der Waals surface area contributed by atoms with E-state index in [0.717, 1.165) is 12.3 Å². The predicted molar refractivity (Wildman–Crippen MR) is 69.4 cm³/mol. The van der Waals surface area contributed by atoms with Gasteiger partial charge in [0.15, 0.2) is 0 Å². The van der Waals surface area contributed by atoms with Crippen LogP contribution >= 0.6 is 23.2 Å². The third-order valence-electron chi connectivity index (χ3n) is 2.16. The van der Waals surface area contributed by atoms with E-state index in [1.54, 1.807) is 18.2 Å². The van der Waals surface area contributed by atoms with Crippen molar-refractivity contribution in [2.45, 2.75) is 0 Å². The number of para-hydroxylation sites is 1. The van der Waals surface area contributed by atoms with E-state index in [4.69, 9.17) is 23.2 Å². The highest BCUT2D eigenvalue weighted by atomic mass is 35.5. The molecule has 0 radical (unpaired) electrons. The van der Waals surface area contributed by atoms with Gasteiger partial charge in [-0.05, 0) is 18.2 Å². The molecule has 6 heteroatoms. The molecule has 92 valence electrons. The molecular formula is C12H7Cl2NO3. The van der Waals surface area contributed by atoms with E-state index < -0.39 is 11.5 Å². The van der Waals surface area contributed by atoms with Crippen LogP contribution < -0.4 is 10.9 Å². The molecule has 1 N–H and O–H groups in total. The van der Waals surface area contributed by atoms with Gasteiger partial charge < -0.3 is 9.73 Å². The molecule has 1 aromatic carbocycles. The quantitative estimate of drug-likeness (QED) is 0.921. The SMILES string of the molecule is O=C(Nc1c(Cl)cccc1Cl)c1ccc(=O)oc1. The van der Waals surface area contributed by atoms with Crippen molar-refractivity contribution in [2.24, 2.45) is 0 Å². The maximum atomic E-state index is 11.8. The number of carbonyl (C=O) groups is 1. The zero-order valence-electron chi connectivity index (χ0n) is 8.94. The molecule has 0 unspecified atom stereocenters. The third-order valence-corrected chi connectivity index (χ3v) is 2.79. The average molecular weight is 284 g/mol. The third kappa shape index (κ3) is 2.72. The van der Waals surface area contributed by atoms with Gasteiger partial charge in [-0.25, -0.2) is 4.79 Å². The second-order valence-corrected chi connectivity index (χ2v) is 4.21. The predicted octanol–water partition coefficient (Wildman–Crippen LogP) is 3.20. The number of anilines is 1. The molecule has 0 aliphatic heterocycles. The molecule has 0 spiro atoms. The molecule has 2 aromatic rings. The molecule has 0 saturated carbocycles.